The minimum absolute atomic E-state index is 0.0206. The Labute approximate surface area is 178 Å². The summed E-state index contributed by atoms with van der Waals surface area (Å²) in [5.74, 6) is 1.60. The topological polar surface area (TPSA) is 78.6 Å². The average molecular weight is 467 g/mol. The summed E-state index contributed by atoms with van der Waals surface area (Å²) in [5, 5.41) is 4.57. The Bertz CT molecular complexity index is 916. The van der Waals surface area contributed by atoms with Crippen molar-refractivity contribution >= 4 is 21.8 Å². The molecule has 0 aliphatic carbocycles. The van der Waals surface area contributed by atoms with Gasteiger partial charge in [-0.15, -0.1) is 0 Å². The Balaban J connectivity index is 1.72. The molecule has 0 unspecified atom stereocenters. The molecule has 1 amide bonds. The second-order valence-electron chi connectivity index (χ2n) is 7.01. The van der Waals surface area contributed by atoms with Gasteiger partial charge in [-0.1, -0.05) is 0 Å². The molecule has 1 aliphatic rings. The van der Waals surface area contributed by atoms with Gasteiger partial charge in [-0.25, -0.2) is 9.48 Å². The Kier molecular flexibility index (Phi) is 7.13. The van der Waals surface area contributed by atoms with E-state index in [1.807, 2.05) is 24.0 Å². The number of carbonyl (C=O) groups excluding carboxylic acids is 1. The van der Waals surface area contributed by atoms with E-state index >= 15 is 0 Å². The summed E-state index contributed by atoms with van der Waals surface area (Å²) in [6, 6.07) is 5.40. The van der Waals surface area contributed by atoms with Gasteiger partial charge < -0.3 is 14.4 Å². The third-order valence-electron chi connectivity index (χ3n) is 5.33. The number of likely N-dealkylation sites (tertiary alicyclic amines) is 1. The number of benzene rings is 1. The Morgan fingerprint density at radius 2 is 2.00 bits per heavy atom. The molecule has 0 radical (unpaired) electrons. The first-order valence-electron chi connectivity index (χ1n) is 9.79. The summed E-state index contributed by atoms with van der Waals surface area (Å²) in [6.07, 6.45) is 1.54. The lowest BCUT2D eigenvalue weighted by Gasteiger charge is -2.32. The number of ether oxygens (including phenoxy) is 2. The summed E-state index contributed by atoms with van der Waals surface area (Å²) < 4.78 is 14.3. The first-order chi connectivity index (χ1) is 14.0. The molecule has 9 heteroatoms. The van der Waals surface area contributed by atoms with E-state index in [4.69, 9.17) is 9.47 Å². The molecule has 2 aromatic rings. The predicted molar refractivity (Wildman–Crippen MR) is 113 cm³/mol. The van der Waals surface area contributed by atoms with Crippen molar-refractivity contribution in [1.29, 1.82) is 0 Å². The summed E-state index contributed by atoms with van der Waals surface area (Å²) in [4.78, 5) is 27.4. The van der Waals surface area contributed by atoms with Crippen molar-refractivity contribution in [1.82, 2.24) is 19.2 Å². The lowest BCUT2D eigenvalue weighted by atomic mass is 9.95. The van der Waals surface area contributed by atoms with E-state index in [0.717, 1.165) is 23.1 Å². The molecule has 0 N–H and O–H groups in total. The Morgan fingerprint density at radius 1 is 1.28 bits per heavy atom. The highest BCUT2D eigenvalue weighted by Gasteiger charge is 2.29. The molecular weight excluding hydrogens is 440 g/mol. The van der Waals surface area contributed by atoms with Crippen LogP contribution in [-0.2, 0) is 17.8 Å². The maximum Gasteiger partial charge on any atom is 0.345 e. The van der Waals surface area contributed by atoms with E-state index in [1.165, 1.54) is 4.68 Å². The first kappa shape index (κ1) is 21.6. The van der Waals surface area contributed by atoms with E-state index in [-0.39, 0.29) is 17.5 Å². The molecule has 1 saturated heterocycles. The van der Waals surface area contributed by atoms with E-state index in [2.05, 4.69) is 21.0 Å². The van der Waals surface area contributed by atoms with Crippen molar-refractivity contribution in [3.63, 3.8) is 0 Å². The summed E-state index contributed by atoms with van der Waals surface area (Å²) in [6.45, 7) is 4.66. The third kappa shape index (κ3) is 4.56. The molecule has 8 nitrogen and oxygen atoms in total. The molecule has 1 aromatic carbocycles. The number of carbonyl (C=O) groups is 1. The Hall–Kier alpha value is -2.13. The van der Waals surface area contributed by atoms with Crippen LogP contribution in [0.4, 0.5) is 0 Å². The average Bonchev–Trinajstić information content (AvgIpc) is 3.07. The van der Waals surface area contributed by atoms with Crippen molar-refractivity contribution in [3.8, 4) is 5.75 Å². The van der Waals surface area contributed by atoms with Gasteiger partial charge in [0, 0.05) is 37.1 Å². The van der Waals surface area contributed by atoms with Crippen molar-refractivity contribution in [2.75, 3.05) is 33.9 Å². The highest BCUT2D eigenvalue weighted by molar-refractivity contribution is 9.10. The number of hydrogen-bond donors (Lipinski definition) is 0. The normalized spacial score (nSPS) is 15.0. The summed E-state index contributed by atoms with van der Waals surface area (Å²) in [5.41, 5.74) is 0.496. The maximum absolute atomic E-state index is 13.0. The number of rotatable bonds is 7. The molecule has 29 heavy (non-hydrogen) atoms. The summed E-state index contributed by atoms with van der Waals surface area (Å²) >= 11 is 3.46. The summed E-state index contributed by atoms with van der Waals surface area (Å²) in [7, 11) is 3.19. The molecule has 0 bridgehead atoms. The van der Waals surface area contributed by atoms with E-state index in [9.17, 15) is 9.59 Å². The van der Waals surface area contributed by atoms with Crippen molar-refractivity contribution in [2.45, 2.75) is 38.8 Å². The molecule has 0 atom stereocenters. The van der Waals surface area contributed by atoms with Gasteiger partial charge in [0.15, 0.2) is 0 Å². The maximum atomic E-state index is 13.0. The zero-order chi connectivity index (χ0) is 21.0. The van der Waals surface area contributed by atoms with Crippen LogP contribution < -0.4 is 10.4 Å². The molecule has 0 spiro atoms. The third-order valence-corrected chi connectivity index (χ3v) is 6.02. The van der Waals surface area contributed by atoms with Gasteiger partial charge >= 0.3 is 5.69 Å². The van der Waals surface area contributed by atoms with Crippen molar-refractivity contribution in [2.24, 2.45) is 0 Å². The van der Waals surface area contributed by atoms with Crippen LogP contribution in [0.15, 0.2) is 27.5 Å². The molecule has 158 valence electrons. The Morgan fingerprint density at radius 3 is 2.62 bits per heavy atom. The second kappa shape index (κ2) is 9.58. The highest BCUT2D eigenvalue weighted by Crippen LogP contribution is 2.29. The van der Waals surface area contributed by atoms with Crippen molar-refractivity contribution in [3.05, 3.63) is 44.5 Å². The zero-order valence-electron chi connectivity index (χ0n) is 17.1. The predicted octanol–water partition coefficient (Wildman–Crippen LogP) is 2.50. The van der Waals surface area contributed by atoms with Gasteiger partial charge in [0.05, 0.1) is 25.8 Å². The molecule has 1 aliphatic heterocycles. The molecule has 1 aromatic heterocycles. The lowest BCUT2D eigenvalue weighted by Crippen LogP contribution is -2.38. The first-order valence-corrected chi connectivity index (χ1v) is 10.6. The number of piperidine rings is 1. The SMILES string of the molecule is CCn1c(C2CCN(C(=O)c3cc(OC)ccc3Br)CC2)nn(CCOC)c1=O. The van der Waals surface area contributed by atoms with E-state index < -0.39 is 0 Å². The zero-order valence-corrected chi connectivity index (χ0v) is 18.6. The van der Waals surface area contributed by atoms with Gasteiger partial charge in [0.1, 0.15) is 11.6 Å². The van der Waals surface area contributed by atoms with E-state index in [1.54, 1.807) is 24.9 Å². The van der Waals surface area contributed by atoms with Crippen LogP contribution in [0, 0.1) is 0 Å². The monoisotopic (exact) mass is 466 g/mol. The van der Waals surface area contributed by atoms with Gasteiger partial charge in [-0.2, -0.15) is 5.10 Å². The smallest absolute Gasteiger partial charge is 0.345 e. The van der Waals surface area contributed by atoms with Crippen LogP contribution in [0.5, 0.6) is 5.75 Å². The molecule has 3 rings (SSSR count). The van der Waals surface area contributed by atoms with Crippen LogP contribution in [0.3, 0.4) is 0 Å². The molecular formula is C20H27BrN4O4. The van der Waals surface area contributed by atoms with Crippen molar-refractivity contribution < 1.29 is 14.3 Å². The highest BCUT2D eigenvalue weighted by atomic mass is 79.9. The van der Waals surface area contributed by atoms with Gasteiger partial charge in [0.25, 0.3) is 5.91 Å². The van der Waals surface area contributed by atoms with E-state index in [0.29, 0.717) is 44.1 Å². The molecule has 1 fully saturated rings. The van der Waals surface area contributed by atoms with Gasteiger partial charge in [0.2, 0.25) is 0 Å². The number of aromatic nitrogens is 3. The number of nitrogens with zero attached hydrogens (tertiary/aromatic N) is 4. The second-order valence-corrected chi connectivity index (χ2v) is 7.87. The van der Waals surface area contributed by atoms with Crippen LogP contribution in [0.1, 0.15) is 41.9 Å². The quantitative estimate of drug-likeness (QED) is 0.626. The fourth-order valence-corrected chi connectivity index (χ4v) is 4.10. The van der Waals surface area contributed by atoms with Gasteiger partial charge in [-0.05, 0) is 53.9 Å². The van der Waals surface area contributed by atoms with Crippen LogP contribution >= 0.6 is 15.9 Å². The van der Waals surface area contributed by atoms with Gasteiger partial charge in [-0.3, -0.25) is 9.36 Å². The largest absolute Gasteiger partial charge is 0.497 e. The van der Waals surface area contributed by atoms with Crippen LogP contribution in [-0.4, -0.2) is 59.1 Å². The standard InChI is InChI=1S/C20H27BrN4O4/c1-4-24-18(22-25(20(24)27)11-12-28-2)14-7-9-23(10-8-14)19(26)16-13-15(29-3)5-6-17(16)21/h5-6,13-14H,4,7-12H2,1-3H3. The molecule has 0 saturated carbocycles. The number of amides is 1. The fraction of sp³-hybridized carbons (Fsp3) is 0.550. The number of hydrogen-bond acceptors (Lipinski definition) is 5. The fourth-order valence-electron chi connectivity index (χ4n) is 3.69. The lowest BCUT2D eigenvalue weighted by molar-refractivity contribution is 0.0708. The van der Waals surface area contributed by atoms with Crippen LogP contribution in [0.2, 0.25) is 0 Å². The molecule has 2 heterocycles. The minimum Gasteiger partial charge on any atom is -0.497 e. The van der Waals surface area contributed by atoms with Crippen LogP contribution in [0.25, 0.3) is 0 Å². The minimum atomic E-state index is -0.0987. The number of halogens is 1. The number of methoxy groups -OCH3 is 2.